The lowest BCUT2D eigenvalue weighted by Gasteiger charge is -2.42. The first-order chi connectivity index (χ1) is 19.8. The first-order valence-corrected chi connectivity index (χ1v) is 17.2. The van der Waals surface area contributed by atoms with Crippen LogP contribution in [-0.4, -0.2) is 23.8 Å². The normalized spacial score (nSPS) is 14.7. The number of carbonyl (C=O) groups is 1. The first kappa shape index (κ1) is 42.0. The van der Waals surface area contributed by atoms with Gasteiger partial charge in [-0.3, -0.25) is 0 Å². The van der Waals surface area contributed by atoms with Gasteiger partial charge >= 0.3 is 0 Å². The number of carbonyl (C=O) groups excluding carboxylic acids is 1. The fourth-order valence-electron chi connectivity index (χ4n) is 4.97. The molecule has 42 heavy (non-hydrogen) atoms. The molecule has 1 aliphatic rings. The van der Waals surface area contributed by atoms with Gasteiger partial charge in [0.25, 0.3) is 0 Å². The van der Waals surface area contributed by atoms with Crippen molar-refractivity contribution in [2.75, 3.05) is 13.1 Å². The van der Waals surface area contributed by atoms with Gasteiger partial charge in [0.05, 0.1) is 0 Å². The predicted molar refractivity (Wildman–Crippen MR) is 193 cm³/mol. The van der Waals surface area contributed by atoms with Crippen molar-refractivity contribution in [1.29, 1.82) is 0 Å². The van der Waals surface area contributed by atoms with Crippen LogP contribution in [-0.2, 0) is 15.6 Å². The smallest absolute Gasteiger partial charge is 0.129 e. The standard InChI is InChI=1S/C27H41N.C7H16.C4H8O.C2H6/c1-9-18-28(19-10-2)22(4)13-11-12-21(3)23-14-15-24-25(20-23)27(7,8)17-16-26(24,5)6;1-3-5-7-6-4-2;1-3-4(2)5;1-2/h11-15,20H,3,9-10,16-19H2,1-2,4-8H3;3-7H2,1-2H3;3H2,1-2H3;1-2H3/b12-11-,22-13+;;;. The molecule has 0 N–H and O–H groups in total. The second-order valence-electron chi connectivity index (χ2n) is 12.8. The predicted octanol–water partition coefficient (Wildman–Crippen LogP) is 12.6. The first-order valence-electron chi connectivity index (χ1n) is 17.2. The highest BCUT2D eigenvalue weighted by atomic mass is 16.1. The van der Waals surface area contributed by atoms with Crippen LogP contribution in [0.25, 0.3) is 5.57 Å². The maximum Gasteiger partial charge on any atom is 0.129 e. The molecule has 1 aromatic rings. The summed E-state index contributed by atoms with van der Waals surface area (Å²) in [5.41, 5.74) is 7.18. The monoisotopic (exact) mass is 582 g/mol. The Balaban J connectivity index is 0. The van der Waals surface area contributed by atoms with Gasteiger partial charge in [-0.05, 0) is 78.7 Å². The lowest BCUT2D eigenvalue weighted by atomic mass is 9.63. The summed E-state index contributed by atoms with van der Waals surface area (Å²) in [6, 6.07) is 6.99. The van der Waals surface area contributed by atoms with Gasteiger partial charge in [-0.15, -0.1) is 0 Å². The number of allylic oxidation sites excluding steroid dienone is 5. The van der Waals surface area contributed by atoms with Gasteiger partial charge in [-0.25, -0.2) is 0 Å². The Kier molecular flexibility index (Phi) is 23.4. The Hall–Kier alpha value is -2.09. The Morgan fingerprint density at radius 1 is 0.810 bits per heavy atom. The Bertz CT molecular complexity index is 921. The van der Waals surface area contributed by atoms with E-state index in [4.69, 9.17) is 0 Å². The third-order valence-corrected chi connectivity index (χ3v) is 8.05. The molecule has 0 amide bonds. The highest BCUT2D eigenvalue weighted by molar-refractivity contribution is 5.75. The molecule has 0 unspecified atom stereocenters. The van der Waals surface area contributed by atoms with Crippen molar-refractivity contribution in [2.24, 2.45) is 0 Å². The average Bonchev–Trinajstić information content (AvgIpc) is 2.97. The molecule has 2 rings (SSSR count). The largest absolute Gasteiger partial charge is 0.375 e. The lowest BCUT2D eigenvalue weighted by Crippen LogP contribution is -2.33. The third kappa shape index (κ3) is 16.5. The van der Waals surface area contributed by atoms with Gasteiger partial charge in [-0.2, -0.15) is 0 Å². The lowest BCUT2D eigenvalue weighted by molar-refractivity contribution is -0.116. The van der Waals surface area contributed by atoms with E-state index in [9.17, 15) is 4.79 Å². The zero-order chi connectivity index (χ0) is 32.8. The van der Waals surface area contributed by atoms with Crippen molar-refractivity contribution in [1.82, 2.24) is 4.90 Å². The summed E-state index contributed by atoms with van der Waals surface area (Å²) in [5, 5.41) is 0. The molecule has 0 spiro atoms. The number of Topliss-reactive ketones (excluding diaryl/α,β-unsaturated/α-hetero) is 1. The minimum absolute atomic E-state index is 0.238. The van der Waals surface area contributed by atoms with E-state index < -0.39 is 0 Å². The van der Waals surface area contributed by atoms with Crippen LogP contribution in [0.1, 0.15) is 171 Å². The van der Waals surface area contributed by atoms with E-state index in [1.54, 1.807) is 6.92 Å². The number of benzene rings is 1. The van der Waals surface area contributed by atoms with Crippen LogP contribution in [0.2, 0.25) is 0 Å². The molecule has 0 saturated carbocycles. The quantitative estimate of drug-likeness (QED) is 0.170. The van der Waals surface area contributed by atoms with Crippen LogP contribution in [0.15, 0.2) is 48.7 Å². The summed E-state index contributed by atoms with van der Waals surface area (Å²) in [7, 11) is 0. The maximum absolute atomic E-state index is 9.81. The highest BCUT2D eigenvalue weighted by Gasteiger charge is 2.36. The highest BCUT2D eigenvalue weighted by Crippen LogP contribution is 2.46. The van der Waals surface area contributed by atoms with Gasteiger partial charge in [-0.1, -0.05) is 145 Å². The number of ketones is 1. The molecule has 0 aromatic heterocycles. The SMILES string of the molecule is C=C(/C=C\C=C(/C)N(CCC)CCC)c1ccc2c(c1)C(C)(C)CCC2(C)C.CC.CCC(C)=O.CCCCCCC. The molecule has 0 bridgehead atoms. The van der Waals surface area contributed by atoms with Gasteiger partial charge < -0.3 is 9.69 Å². The van der Waals surface area contributed by atoms with Crippen LogP contribution in [0.3, 0.4) is 0 Å². The molecule has 0 aliphatic heterocycles. The molecule has 0 saturated heterocycles. The van der Waals surface area contributed by atoms with E-state index in [0.29, 0.717) is 6.42 Å². The molecular weight excluding hydrogens is 510 g/mol. The summed E-state index contributed by atoms with van der Waals surface area (Å²) < 4.78 is 0. The molecule has 1 aromatic carbocycles. The number of nitrogens with zero attached hydrogens (tertiary/aromatic N) is 1. The second-order valence-corrected chi connectivity index (χ2v) is 12.8. The number of hydrogen-bond donors (Lipinski definition) is 0. The summed E-state index contributed by atoms with van der Waals surface area (Å²) in [6.07, 6.45) is 19.1. The molecule has 242 valence electrons. The van der Waals surface area contributed by atoms with Crippen LogP contribution in [0.4, 0.5) is 0 Å². The van der Waals surface area contributed by atoms with Crippen molar-refractivity contribution in [3.05, 3.63) is 65.4 Å². The Morgan fingerprint density at radius 3 is 1.71 bits per heavy atom. The van der Waals surface area contributed by atoms with Gasteiger partial charge in [0.15, 0.2) is 0 Å². The van der Waals surface area contributed by atoms with Crippen molar-refractivity contribution in [3.8, 4) is 0 Å². The minimum atomic E-state index is 0.238. The third-order valence-electron chi connectivity index (χ3n) is 8.05. The van der Waals surface area contributed by atoms with E-state index in [2.05, 4.69) is 110 Å². The Morgan fingerprint density at radius 2 is 1.29 bits per heavy atom. The van der Waals surface area contributed by atoms with Crippen LogP contribution >= 0.6 is 0 Å². The summed E-state index contributed by atoms with van der Waals surface area (Å²) in [6.45, 7) is 34.7. The van der Waals surface area contributed by atoms with Crippen LogP contribution in [0.5, 0.6) is 0 Å². The number of unbranched alkanes of at least 4 members (excludes halogenated alkanes) is 4. The van der Waals surface area contributed by atoms with E-state index in [-0.39, 0.29) is 16.6 Å². The van der Waals surface area contributed by atoms with Crippen LogP contribution < -0.4 is 0 Å². The number of hydrogen-bond acceptors (Lipinski definition) is 2. The molecular formula is C40H71NO. The minimum Gasteiger partial charge on any atom is -0.375 e. The molecule has 0 fully saturated rings. The van der Waals surface area contributed by atoms with Crippen molar-refractivity contribution >= 4 is 11.4 Å². The zero-order valence-corrected chi connectivity index (χ0v) is 30.5. The maximum atomic E-state index is 9.81. The van der Waals surface area contributed by atoms with E-state index in [1.807, 2.05) is 20.8 Å². The Labute approximate surface area is 264 Å². The van der Waals surface area contributed by atoms with Gasteiger partial charge in [0.1, 0.15) is 5.78 Å². The fourth-order valence-corrected chi connectivity index (χ4v) is 4.97. The summed E-state index contributed by atoms with van der Waals surface area (Å²) in [4.78, 5) is 12.3. The topological polar surface area (TPSA) is 20.3 Å². The average molecular weight is 582 g/mol. The molecule has 2 heteroatoms. The van der Waals surface area contributed by atoms with Gasteiger partial charge in [0.2, 0.25) is 0 Å². The fraction of sp³-hybridized carbons (Fsp3) is 0.675. The molecule has 2 nitrogen and oxygen atoms in total. The van der Waals surface area contributed by atoms with E-state index in [1.165, 1.54) is 80.2 Å². The number of rotatable bonds is 13. The van der Waals surface area contributed by atoms with E-state index in [0.717, 1.165) is 18.7 Å². The van der Waals surface area contributed by atoms with Crippen molar-refractivity contribution < 1.29 is 4.79 Å². The van der Waals surface area contributed by atoms with Crippen molar-refractivity contribution in [2.45, 2.75) is 165 Å². The second kappa shape index (κ2) is 23.4. The van der Waals surface area contributed by atoms with Crippen molar-refractivity contribution in [3.63, 3.8) is 0 Å². The van der Waals surface area contributed by atoms with E-state index >= 15 is 0 Å². The summed E-state index contributed by atoms with van der Waals surface area (Å²) >= 11 is 0. The molecule has 0 radical (unpaired) electrons. The molecule has 0 heterocycles. The molecule has 0 atom stereocenters. The summed E-state index contributed by atoms with van der Waals surface area (Å²) in [5.74, 6) is 0.255. The molecule has 1 aliphatic carbocycles. The van der Waals surface area contributed by atoms with Gasteiger partial charge in [0, 0.05) is 25.2 Å². The van der Waals surface area contributed by atoms with Crippen LogP contribution in [0, 0.1) is 0 Å². The number of fused-ring (bicyclic) bond motifs is 1. The zero-order valence-electron chi connectivity index (χ0n) is 30.5.